The third-order valence-corrected chi connectivity index (χ3v) is 5.62. The number of carbonyl (C=O) groups excluding carboxylic acids is 1. The highest BCUT2D eigenvalue weighted by molar-refractivity contribution is 6.00. The van der Waals surface area contributed by atoms with E-state index in [1.165, 1.54) is 0 Å². The topological polar surface area (TPSA) is 83.0 Å². The normalized spacial score (nSPS) is 14.9. The second kappa shape index (κ2) is 7.63. The molecule has 0 radical (unpaired) electrons. The van der Waals surface area contributed by atoms with Crippen molar-refractivity contribution in [3.63, 3.8) is 0 Å². The smallest absolute Gasteiger partial charge is 0.135 e. The van der Waals surface area contributed by atoms with Gasteiger partial charge in [-0.1, -0.05) is 18.2 Å². The molecule has 0 atom stereocenters. The fraction of sp³-hybridized carbons (Fsp3) is 0.208. The maximum absolute atomic E-state index is 11.7. The summed E-state index contributed by atoms with van der Waals surface area (Å²) in [6, 6.07) is 19.7. The fourth-order valence-electron chi connectivity index (χ4n) is 4.07. The summed E-state index contributed by atoms with van der Waals surface area (Å²) in [5.41, 5.74) is 8.96. The molecule has 30 heavy (non-hydrogen) atoms. The van der Waals surface area contributed by atoms with E-state index in [4.69, 9.17) is 15.6 Å². The highest BCUT2D eigenvalue weighted by Gasteiger charge is 2.25. The molecule has 1 aliphatic carbocycles. The summed E-state index contributed by atoms with van der Waals surface area (Å²) in [7, 11) is 0. The number of hydrogen-bond acceptors (Lipinski definition) is 5. The van der Waals surface area contributed by atoms with Gasteiger partial charge in [-0.15, -0.1) is 0 Å². The van der Waals surface area contributed by atoms with E-state index in [1.807, 2.05) is 65.3 Å². The quantitative estimate of drug-likeness (QED) is 0.513. The number of nitrogens with zero attached hydrogens (tertiary/aromatic N) is 3. The van der Waals surface area contributed by atoms with Crippen molar-refractivity contribution >= 4 is 22.5 Å². The van der Waals surface area contributed by atoms with Crippen molar-refractivity contribution in [3.8, 4) is 22.8 Å². The van der Waals surface area contributed by atoms with Crippen LogP contribution in [0.3, 0.4) is 0 Å². The number of ketones is 1. The molecule has 0 unspecified atom stereocenters. The van der Waals surface area contributed by atoms with Crippen LogP contribution in [0.15, 0.2) is 66.9 Å². The van der Waals surface area contributed by atoms with Gasteiger partial charge in [0.15, 0.2) is 0 Å². The lowest BCUT2D eigenvalue weighted by Crippen LogP contribution is -2.18. The van der Waals surface area contributed by atoms with Crippen LogP contribution < -0.4 is 10.5 Å². The average molecular weight is 398 g/mol. The fourth-order valence-corrected chi connectivity index (χ4v) is 4.07. The second-order valence-corrected chi connectivity index (χ2v) is 7.59. The summed E-state index contributed by atoms with van der Waals surface area (Å²) in [4.78, 5) is 16.0. The maximum atomic E-state index is 11.7. The molecule has 2 heterocycles. The van der Waals surface area contributed by atoms with Crippen LogP contribution in [0.25, 0.3) is 22.2 Å². The lowest BCUT2D eigenvalue weighted by molar-refractivity contribution is -0.120. The van der Waals surface area contributed by atoms with Crippen molar-refractivity contribution in [3.05, 3.63) is 66.9 Å². The Morgan fingerprint density at radius 1 is 0.933 bits per heavy atom. The van der Waals surface area contributed by atoms with Gasteiger partial charge < -0.3 is 10.5 Å². The molecule has 150 valence electrons. The number of ether oxygens (including phenoxy) is 1. The molecular formula is C24H22N4O2. The molecule has 0 amide bonds. The number of Topliss-reactive ketones (excluding diaryl/α,β-unsaturated/α-hetero) is 1. The lowest BCUT2D eigenvalue weighted by Gasteiger charge is -2.22. The number of nitrogens with two attached hydrogens (primary N) is 1. The molecule has 2 aromatic heterocycles. The summed E-state index contributed by atoms with van der Waals surface area (Å²) in [5.74, 6) is 2.34. The molecule has 0 bridgehead atoms. The van der Waals surface area contributed by atoms with Gasteiger partial charge in [0.05, 0.1) is 16.9 Å². The monoisotopic (exact) mass is 398 g/mol. The first-order valence-corrected chi connectivity index (χ1v) is 10.2. The lowest BCUT2D eigenvalue weighted by atomic mass is 9.94. The molecule has 5 rings (SSSR count). The Morgan fingerprint density at radius 3 is 2.37 bits per heavy atom. The first kappa shape index (κ1) is 18.4. The van der Waals surface area contributed by atoms with Crippen LogP contribution in [0.1, 0.15) is 31.7 Å². The number of pyridine rings is 1. The van der Waals surface area contributed by atoms with E-state index in [0.29, 0.717) is 24.4 Å². The number of fused-ring (bicyclic) bond motifs is 1. The first-order valence-electron chi connectivity index (χ1n) is 10.2. The number of rotatable bonds is 4. The Bertz CT molecular complexity index is 1190. The van der Waals surface area contributed by atoms with Gasteiger partial charge in [-0.05, 0) is 55.3 Å². The first-order chi connectivity index (χ1) is 14.7. The molecule has 6 nitrogen and oxygen atoms in total. The van der Waals surface area contributed by atoms with Crippen LogP contribution in [0.5, 0.6) is 11.5 Å². The summed E-state index contributed by atoms with van der Waals surface area (Å²) in [6.45, 7) is 0. The van der Waals surface area contributed by atoms with Crippen LogP contribution in [-0.4, -0.2) is 20.5 Å². The van der Waals surface area contributed by atoms with E-state index in [1.54, 1.807) is 6.20 Å². The van der Waals surface area contributed by atoms with Gasteiger partial charge in [0.2, 0.25) is 0 Å². The molecular weight excluding hydrogens is 376 g/mol. The van der Waals surface area contributed by atoms with Gasteiger partial charge in [0.25, 0.3) is 0 Å². The van der Waals surface area contributed by atoms with Crippen LogP contribution >= 0.6 is 0 Å². The molecule has 0 aliphatic heterocycles. The van der Waals surface area contributed by atoms with Gasteiger partial charge in [-0.25, -0.2) is 4.98 Å². The average Bonchev–Trinajstić information content (AvgIpc) is 3.17. The highest BCUT2D eigenvalue weighted by Crippen LogP contribution is 2.36. The van der Waals surface area contributed by atoms with Gasteiger partial charge in [-0.2, -0.15) is 5.10 Å². The molecule has 4 aromatic rings. The van der Waals surface area contributed by atoms with E-state index in [-0.39, 0.29) is 6.04 Å². The van der Waals surface area contributed by atoms with Crippen molar-refractivity contribution in [2.24, 2.45) is 0 Å². The van der Waals surface area contributed by atoms with E-state index >= 15 is 0 Å². The van der Waals surface area contributed by atoms with Crippen molar-refractivity contribution in [2.45, 2.75) is 31.7 Å². The van der Waals surface area contributed by atoms with Crippen molar-refractivity contribution < 1.29 is 9.53 Å². The van der Waals surface area contributed by atoms with Gasteiger partial charge in [0.1, 0.15) is 28.8 Å². The minimum atomic E-state index is 0.196. The molecule has 6 heteroatoms. The number of anilines is 1. The predicted octanol–water partition coefficient (Wildman–Crippen LogP) is 5.16. The number of carbonyl (C=O) groups is 1. The summed E-state index contributed by atoms with van der Waals surface area (Å²) < 4.78 is 7.93. The highest BCUT2D eigenvalue weighted by atomic mass is 16.5. The molecule has 0 saturated heterocycles. The van der Waals surface area contributed by atoms with E-state index in [9.17, 15) is 4.79 Å². The molecule has 2 N–H and O–H groups in total. The number of para-hydroxylation sites is 1. The Hall–Kier alpha value is -3.67. The van der Waals surface area contributed by atoms with Crippen LogP contribution in [0, 0.1) is 0 Å². The van der Waals surface area contributed by atoms with E-state index in [0.717, 1.165) is 46.5 Å². The van der Waals surface area contributed by atoms with Crippen LogP contribution in [-0.2, 0) is 4.79 Å². The second-order valence-electron chi connectivity index (χ2n) is 7.59. The predicted molar refractivity (Wildman–Crippen MR) is 116 cm³/mol. The number of nitrogen functional groups attached to an aromatic ring is 1. The zero-order valence-corrected chi connectivity index (χ0v) is 16.5. The number of aromatic nitrogens is 3. The molecule has 1 aliphatic rings. The van der Waals surface area contributed by atoms with Crippen molar-refractivity contribution in [1.82, 2.24) is 14.8 Å². The van der Waals surface area contributed by atoms with Gasteiger partial charge in [-0.3, -0.25) is 9.48 Å². The Kier molecular flexibility index (Phi) is 4.67. The standard InChI is InChI=1S/C24H22N4O2/c25-24-22-21(14-15-26-24)28(17-8-10-18(29)11-9-17)27-23(22)16-6-12-20(13-7-16)30-19-4-2-1-3-5-19/h1-7,12-15,17H,8-11H2,(H2,25,26). The largest absolute Gasteiger partial charge is 0.457 e. The van der Waals surface area contributed by atoms with Gasteiger partial charge in [0, 0.05) is 24.6 Å². The zero-order chi connectivity index (χ0) is 20.5. The SMILES string of the molecule is Nc1nccc2c1c(-c1ccc(Oc3ccccc3)cc1)nn2C1CCC(=O)CC1. The molecule has 1 fully saturated rings. The molecule has 2 aromatic carbocycles. The van der Waals surface area contributed by atoms with Crippen LogP contribution in [0.4, 0.5) is 5.82 Å². The third kappa shape index (κ3) is 3.41. The summed E-state index contributed by atoms with van der Waals surface area (Å²) in [5, 5.41) is 5.78. The summed E-state index contributed by atoms with van der Waals surface area (Å²) in [6.07, 6.45) is 4.54. The summed E-state index contributed by atoms with van der Waals surface area (Å²) >= 11 is 0. The Morgan fingerprint density at radius 2 is 1.63 bits per heavy atom. The molecule has 0 spiro atoms. The van der Waals surface area contributed by atoms with Crippen molar-refractivity contribution in [2.75, 3.05) is 5.73 Å². The number of hydrogen-bond donors (Lipinski definition) is 1. The van der Waals surface area contributed by atoms with Crippen LogP contribution in [0.2, 0.25) is 0 Å². The maximum Gasteiger partial charge on any atom is 0.135 e. The van der Waals surface area contributed by atoms with Gasteiger partial charge >= 0.3 is 0 Å². The Balaban J connectivity index is 1.51. The minimum Gasteiger partial charge on any atom is -0.457 e. The third-order valence-electron chi connectivity index (χ3n) is 5.62. The zero-order valence-electron chi connectivity index (χ0n) is 16.5. The molecule has 1 saturated carbocycles. The van der Waals surface area contributed by atoms with E-state index in [2.05, 4.69) is 4.98 Å². The minimum absolute atomic E-state index is 0.196. The van der Waals surface area contributed by atoms with Crippen molar-refractivity contribution in [1.29, 1.82) is 0 Å². The Labute approximate surface area is 174 Å². The van der Waals surface area contributed by atoms with E-state index < -0.39 is 0 Å². The number of benzene rings is 2.